The van der Waals surface area contributed by atoms with Crippen molar-refractivity contribution in [1.82, 2.24) is 4.98 Å². The molecule has 92 valence electrons. The first-order chi connectivity index (χ1) is 8.31. The van der Waals surface area contributed by atoms with Crippen molar-refractivity contribution in [3.8, 4) is 5.75 Å². The van der Waals surface area contributed by atoms with Crippen molar-refractivity contribution >= 4 is 5.78 Å². The van der Waals surface area contributed by atoms with E-state index in [0.717, 1.165) is 25.9 Å². The van der Waals surface area contributed by atoms with Crippen LogP contribution in [-0.4, -0.2) is 30.6 Å². The maximum Gasteiger partial charge on any atom is 0.185 e. The lowest BCUT2D eigenvalue weighted by Gasteiger charge is -2.09. The summed E-state index contributed by atoms with van der Waals surface area (Å²) in [5, 5.41) is 0. The Morgan fingerprint density at radius 3 is 3.24 bits per heavy atom. The van der Waals surface area contributed by atoms with Gasteiger partial charge in [-0.05, 0) is 31.4 Å². The Labute approximate surface area is 101 Å². The lowest BCUT2D eigenvalue weighted by molar-refractivity contribution is 0.0853. The van der Waals surface area contributed by atoms with Gasteiger partial charge in [0.1, 0.15) is 11.4 Å². The van der Waals surface area contributed by atoms with Crippen LogP contribution in [0.3, 0.4) is 0 Å². The summed E-state index contributed by atoms with van der Waals surface area (Å²) in [6.45, 7) is 0.825. The quantitative estimate of drug-likeness (QED) is 0.734. The summed E-state index contributed by atoms with van der Waals surface area (Å²) in [6.07, 6.45) is 5.27. The van der Waals surface area contributed by atoms with E-state index >= 15 is 0 Å². The molecular formula is C13H17NO3. The number of ketones is 1. The fraction of sp³-hybridized carbons (Fsp3) is 0.538. The zero-order valence-electron chi connectivity index (χ0n) is 10.0. The van der Waals surface area contributed by atoms with Crippen molar-refractivity contribution in [3.05, 3.63) is 24.0 Å². The monoisotopic (exact) mass is 235 g/mol. The van der Waals surface area contributed by atoms with Gasteiger partial charge in [0.25, 0.3) is 0 Å². The molecule has 1 aliphatic rings. The SMILES string of the molecule is COc1cccnc1C(=O)CCC1CCCO1. The smallest absolute Gasteiger partial charge is 0.185 e. The number of methoxy groups -OCH3 is 1. The minimum Gasteiger partial charge on any atom is -0.494 e. The molecule has 1 aliphatic heterocycles. The van der Waals surface area contributed by atoms with Gasteiger partial charge in [0.15, 0.2) is 5.78 Å². The Hall–Kier alpha value is -1.42. The van der Waals surface area contributed by atoms with Crippen LogP contribution in [0.4, 0.5) is 0 Å². The van der Waals surface area contributed by atoms with Gasteiger partial charge in [0.05, 0.1) is 13.2 Å². The van der Waals surface area contributed by atoms with Crippen LogP contribution in [0.5, 0.6) is 5.75 Å². The topological polar surface area (TPSA) is 48.4 Å². The highest BCUT2D eigenvalue weighted by atomic mass is 16.5. The van der Waals surface area contributed by atoms with Crippen LogP contribution in [0.15, 0.2) is 18.3 Å². The largest absolute Gasteiger partial charge is 0.494 e. The van der Waals surface area contributed by atoms with Crippen molar-refractivity contribution in [3.63, 3.8) is 0 Å². The maximum atomic E-state index is 12.0. The average molecular weight is 235 g/mol. The lowest BCUT2D eigenvalue weighted by Crippen LogP contribution is -2.10. The summed E-state index contributed by atoms with van der Waals surface area (Å²) in [7, 11) is 1.55. The minimum absolute atomic E-state index is 0.0259. The number of carbonyl (C=O) groups excluding carboxylic acids is 1. The van der Waals surface area contributed by atoms with Crippen molar-refractivity contribution in [2.75, 3.05) is 13.7 Å². The summed E-state index contributed by atoms with van der Waals surface area (Å²) < 4.78 is 10.6. The third-order valence-electron chi connectivity index (χ3n) is 2.97. The molecule has 0 amide bonds. The van der Waals surface area contributed by atoms with E-state index in [1.807, 2.05) is 0 Å². The van der Waals surface area contributed by atoms with Gasteiger partial charge in [0.2, 0.25) is 0 Å². The molecule has 1 aromatic rings. The van der Waals surface area contributed by atoms with Gasteiger partial charge < -0.3 is 9.47 Å². The van der Waals surface area contributed by atoms with Gasteiger partial charge in [-0.25, -0.2) is 4.98 Å². The van der Waals surface area contributed by atoms with Gasteiger partial charge in [-0.3, -0.25) is 4.79 Å². The molecule has 1 fully saturated rings. The molecular weight excluding hydrogens is 218 g/mol. The van der Waals surface area contributed by atoms with Crippen molar-refractivity contribution < 1.29 is 14.3 Å². The van der Waals surface area contributed by atoms with Crippen molar-refractivity contribution in [2.45, 2.75) is 31.8 Å². The number of ether oxygens (including phenoxy) is 2. The van der Waals surface area contributed by atoms with Crippen LogP contribution >= 0.6 is 0 Å². The van der Waals surface area contributed by atoms with Crippen LogP contribution < -0.4 is 4.74 Å². The predicted octanol–water partition coefficient (Wildman–Crippen LogP) is 2.23. The molecule has 0 radical (unpaired) electrons. The average Bonchev–Trinajstić information content (AvgIpc) is 2.89. The molecule has 4 heteroatoms. The van der Waals surface area contributed by atoms with Crippen LogP contribution in [0.25, 0.3) is 0 Å². The number of hydrogen-bond acceptors (Lipinski definition) is 4. The third kappa shape index (κ3) is 3.03. The number of Topliss-reactive ketones (excluding diaryl/α,β-unsaturated/α-hetero) is 1. The summed E-state index contributed by atoms with van der Waals surface area (Å²) in [5.41, 5.74) is 0.424. The molecule has 0 aromatic carbocycles. The summed E-state index contributed by atoms with van der Waals surface area (Å²) in [6, 6.07) is 3.52. The maximum absolute atomic E-state index is 12.0. The second kappa shape index (κ2) is 5.77. The fourth-order valence-electron chi connectivity index (χ4n) is 2.05. The number of hydrogen-bond donors (Lipinski definition) is 0. The van der Waals surface area contributed by atoms with E-state index in [4.69, 9.17) is 9.47 Å². The first kappa shape index (κ1) is 12.0. The van der Waals surface area contributed by atoms with Crippen LogP contribution in [0.1, 0.15) is 36.2 Å². The summed E-state index contributed by atoms with van der Waals surface area (Å²) in [5.74, 6) is 0.572. The van der Waals surface area contributed by atoms with E-state index in [-0.39, 0.29) is 11.9 Å². The van der Waals surface area contributed by atoms with E-state index < -0.39 is 0 Å². The number of nitrogens with zero attached hydrogens (tertiary/aromatic N) is 1. The Morgan fingerprint density at radius 1 is 1.65 bits per heavy atom. The third-order valence-corrected chi connectivity index (χ3v) is 2.97. The fourth-order valence-corrected chi connectivity index (χ4v) is 2.05. The van der Waals surface area contributed by atoms with Gasteiger partial charge >= 0.3 is 0 Å². The van der Waals surface area contributed by atoms with E-state index in [2.05, 4.69) is 4.98 Å². The number of aromatic nitrogens is 1. The zero-order chi connectivity index (χ0) is 12.1. The normalized spacial score (nSPS) is 19.2. The van der Waals surface area contributed by atoms with Gasteiger partial charge in [-0.1, -0.05) is 0 Å². The minimum atomic E-state index is 0.0259. The Balaban J connectivity index is 1.94. The second-order valence-electron chi connectivity index (χ2n) is 4.15. The van der Waals surface area contributed by atoms with Crippen molar-refractivity contribution in [1.29, 1.82) is 0 Å². The summed E-state index contributed by atoms with van der Waals surface area (Å²) in [4.78, 5) is 16.1. The molecule has 2 rings (SSSR count). The van der Waals surface area contributed by atoms with Crippen LogP contribution in [0.2, 0.25) is 0 Å². The van der Waals surface area contributed by atoms with E-state index in [0.29, 0.717) is 17.9 Å². The van der Waals surface area contributed by atoms with Crippen LogP contribution in [-0.2, 0) is 4.74 Å². The molecule has 0 bridgehead atoms. The number of carbonyl (C=O) groups is 1. The molecule has 1 atom stereocenters. The highest BCUT2D eigenvalue weighted by Gasteiger charge is 2.19. The molecule has 4 nitrogen and oxygen atoms in total. The van der Waals surface area contributed by atoms with E-state index in [9.17, 15) is 4.79 Å². The Bertz CT molecular complexity index is 386. The molecule has 0 spiro atoms. The van der Waals surface area contributed by atoms with Crippen molar-refractivity contribution in [2.24, 2.45) is 0 Å². The second-order valence-corrected chi connectivity index (χ2v) is 4.15. The molecule has 1 saturated heterocycles. The highest BCUT2D eigenvalue weighted by molar-refractivity contribution is 5.96. The zero-order valence-corrected chi connectivity index (χ0v) is 10.0. The Kier molecular flexibility index (Phi) is 4.09. The summed E-state index contributed by atoms with van der Waals surface area (Å²) >= 11 is 0. The molecule has 1 unspecified atom stereocenters. The van der Waals surface area contributed by atoms with Crippen LogP contribution in [0, 0.1) is 0 Å². The van der Waals surface area contributed by atoms with E-state index in [1.54, 1.807) is 25.4 Å². The van der Waals surface area contributed by atoms with E-state index in [1.165, 1.54) is 0 Å². The first-order valence-electron chi connectivity index (χ1n) is 5.95. The lowest BCUT2D eigenvalue weighted by atomic mass is 10.1. The number of pyridine rings is 1. The number of rotatable bonds is 5. The van der Waals surface area contributed by atoms with Gasteiger partial charge in [0, 0.05) is 19.2 Å². The van der Waals surface area contributed by atoms with Gasteiger partial charge in [-0.15, -0.1) is 0 Å². The highest BCUT2D eigenvalue weighted by Crippen LogP contribution is 2.21. The Morgan fingerprint density at radius 2 is 2.53 bits per heavy atom. The first-order valence-corrected chi connectivity index (χ1v) is 5.95. The van der Waals surface area contributed by atoms with Gasteiger partial charge in [-0.2, -0.15) is 0 Å². The molecule has 17 heavy (non-hydrogen) atoms. The molecule has 0 aliphatic carbocycles. The molecule has 0 saturated carbocycles. The standard InChI is InChI=1S/C13H17NO3/c1-16-12-5-2-8-14-13(12)11(15)7-6-10-4-3-9-17-10/h2,5,8,10H,3-4,6-7,9H2,1H3. The molecule has 0 N–H and O–H groups in total. The molecule has 2 heterocycles. The predicted molar refractivity (Wildman–Crippen MR) is 63.3 cm³/mol. The molecule has 1 aromatic heterocycles.